The number of nitrogens with zero attached hydrogens (tertiary/aromatic N) is 2. The van der Waals surface area contributed by atoms with Gasteiger partial charge in [-0.1, -0.05) is 38.5 Å². The lowest BCUT2D eigenvalue weighted by Crippen LogP contribution is -2.46. The highest BCUT2D eigenvalue weighted by molar-refractivity contribution is 6.05. The Hall–Kier alpha value is -2.70. The van der Waals surface area contributed by atoms with E-state index < -0.39 is 17.9 Å². The van der Waals surface area contributed by atoms with Gasteiger partial charge in [-0.25, -0.2) is 9.48 Å². The summed E-state index contributed by atoms with van der Waals surface area (Å²) in [4.78, 5) is 36.8. The summed E-state index contributed by atoms with van der Waals surface area (Å²) in [6.45, 7) is 3.78. The largest absolute Gasteiger partial charge is 0.467 e. The Labute approximate surface area is 139 Å². The Bertz CT molecular complexity index is 828. The van der Waals surface area contributed by atoms with E-state index in [4.69, 9.17) is 4.74 Å². The van der Waals surface area contributed by atoms with Gasteiger partial charge in [-0.05, 0) is 12.0 Å². The fourth-order valence-corrected chi connectivity index (χ4v) is 2.47. The van der Waals surface area contributed by atoms with Gasteiger partial charge in [0.05, 0.1) is 12.5 Å². The van der Waals surface area contributed by atoms with Crippen LogP contribution in [0.2, 0.25) is 0 Å². The van der Waals surface area contributed by atoms with E-state index >= 15 is 0 Å². The van der Waals surface area contributed by atoms with Gasteiger partial charge in [0.25, 0.3) is 11.5 Å². The molecule has 1 N–H and O–H groups in total. The van der Waals surface area contributed by atoms with Crippen molar-refractivity contribution in [1.82, 2.24) is 15.1 Å². The number of rotatable bonds is 5. The van der Waals surface area contributed by atoms with Gasteiger partial charge in [0.2, 0.25) is 0 Å². The van der Waals surface area contributed by atoms with Crippen LogP contribution in [-0.4, -0.2) is 34.8 Å². The molecule has 0 aliphatic carbocycles. The number of nitrogens with one attached hydrogen (secondary N) is 1. The van der Waals surface area contributed by atoms with Gasteiger partial charge in [0.15, 0.2) is 5.69 Å². The molecule has 7 heteroatoms. The molecule has 0 unspecified atom stereocenters. The molecule has 0 bridgehead atoms. The van der Waals surface area contributed by atoms with Crippen LogP contribution in [0.5, 0.6) is 0 Å². The second kappa shape index (κ2) is 7.25. The van der Waals surface area contributed by atoms with Crippen molar-refractivity contribution in [3.63, 3.8) is 0 Å². The molecule has 24 heavy (non-hydrogen) atoms. The topological polar surface area (TPSA) is 90.3 Å². The summed E-state index contributed by atoms with van der Waals surface area (Å²) in [6.07, 6.45) is 0.696. The molecule has 7 nitrogen and oxygen atoms in total. The van der Waals surface area contributed by atoms with Crippen LogP contribution in [0.1, 0.15) is 30.8 Å². The smallest absolute Gasteiger partial charge is 0.328 e. The van der Waals surface area contributed by atoms with E-state index in [0.29, 0.717) is 17.2 Å². The van der Waals surface area contributed by atoms with Crippen molar-refractivity contribution >= 4 is 22.6 Å². The van der Waals surface area contributed by atoms with Crippen LogP contribution >= 0.6 is 0 Å². The average molecular weight is 331 g/mol. The maximum absolute atomic E-state index is 12.7. The Morgan fingerprint density at radius 2 is 1.92 bits per heavy atom. The third kappa shape index (κ3) is 3.29. The van der Waals surface area contributed by atoms with Crippen molar-refractivity contribution in [2.45, 2.75) is 26.3 Å². The molecule has 0 saturated heterocycles. The SMILES string of the molecule is CC[C@@H](C)[C@H](NC(=O)c1nn(C)c(=O)c2ccccc12)C(=O)OC. The number of aryl methyl sites for hydroxylation is 1. The molecule has 0 radical (unpaired) electrons. The number of ether oxygens (including phenoxy) is 1. The predicted octanol–water partition coefficient (Wildman–Crippen LogP) is 1.25. The Balaban J connectivity index is 2.46. The maximum Gasteiger partial charge on any atom is 0.328 e. The number of benzene rings is 1. The minimum atomic E-state index is -0.773. The summed E-state index contributed by atoms with van der Waals surface area (Å²) in [5.41, 5.74) is -0.182. The van der Waals surface area contributed by atoms with E-state index in [9.17, 15) is 14.4 Å². The molecule has 1 heterocycles. The zero-order chi connectivity index (χ0) is 17.9. The highest BCUT2D eigenvalue weighted by Gasteiger charge is 2.28. The number of carbonyl (C=O) groups excluding carboxylic acids is 2. The zero-order valence-corrected chi connectivity index (χ0v) is 14.2. The van der Waals surface area contributed by atoms with Crippen molar-refractivity contribution < 1.29 is 14.3 Å². The van der Waals surface area contributed by atoms with Crippen LogP contribution in [0.25, 0.3) is 10.8 Å². The first-order valence-electron chi connectivity index (χ1n) is 7.75. The standard InChI is InChI=1S/C17H21N3O4/c1-5-10(2)13(17(23)24-4)18-15(21)14-11-8-6-7-9-12(11)16(22)20(3)19-14/h6-10,13H,5H2,1-4H3,(H,18,21)/t10-,13+/m1/s1. The highest BCUT2D eigenvalue weighted by atomic mass is 16.5. The molecule has 1 aromatic heterocycles. The van der Waals surface area contributed by atoms with Gasteiger partial charge in [-0.15, -0.1) is 0 Å². The molecule has 2 atom stereocenters. The van der Waals surface area contributed by atoms with Gasteiger partial charge in [-0.2, -0.15) is 5.10 Å². The fraction of sp³-hybridized carbons (Fsp3) is 0.412. The number of esters is 1. The number of hydrogen-bond donors (Lipinski definition) is 1. The van der Waals surface area contributed by atoms with Crippen molar-refractivity contribution in [1.29, 1.82) is 0 Å². The van der Waals surface area contributed by atoms with Gasteiger partial charge >= 0.3 is 5.97 Å². The molecule has 0 spiro atoms. The minimum Gasteiger partial charge on any atom is -0.467 e. The van der Waals surface area contributed by atoms with E-state index in [1.165, 1.54) is 14.2 Å². The number of hydrogen-bond acceptors (Lipinski definition) is 5. The molecule has 128 valence electrons. The first-order chi connectivity index (χ1) is 11.4. The quantitative estimate of drug-likeness (QED) is 0.833. The number of methoxy groups -OCH3 is 1. The second-order valence-electron chi connectivity index (χ2n) is 5.68. The van der Waals surface area contributed by atoms with Crippen LogP contribution in [-0.2, 0) is 16.6 Å². The lowest BCUT2D eigenvalue weighted by molar-refractivity contribution is -0.144. The zero-order valence-electron chi connectivity index (χ0n) is 14.2. The maximum atomic E-state index is 12.7. The van der Waals surface area contributed by atoms with Crippen molar-refractivity contribution in [3.05, 3.63) is 40.3 Å². The van der Waals surface area contributed by atoms with Crippen molar-refractivity contribution in [2.75, 3.05) is 7.11 Å². The van der Waals surface area contributed by atoms with Gasteiger partial charge in [0, 0.05) is 12.4 Å². The molecule has 2 aromatic rings. The second-order valence-corrected chi connectivity index (χ2v) is 5.68. The van der Waals surface area contributed by atoms with Crippen LogP contribution in [0, 0.1) is 5.92 Å². The average Bonchev–Trinajstić information content (AvgIpc) is 2.61. The summed E-state index contributed by atoms with van der Waals surface area (Å²) < 4.78 is 5.89. The van der Waals surface area contributed by atoms with Gasteiger partial charge in [-0.3, -0.25) is 9.59 Å². The summed E-state index contributed by atoms with van der Waals surface area (Å²) >= 11 is 0. The molecule has 0 aliphatic rings. The van der Waals surface area contributed by atoms with E-state index in [1.807, 2.05) is 13.8 Å². The summed E-state index contributed by atoms with van der Waals surface area (Å²) in [5, 5.41) is 7.60. The first kappa shape index (κ1) is 17.7. The summed E-state index contributed by atoms with van der Waals surface area (Å²) in [7, 11) is 2.77. The van der Waals surface area contributed by atoms with E-state index in [-0.39, 0.29) is 17.2 Å². The first-order valence-corrected chi connectivity index (χ1v) is 7.75. The summed E-state index contributed by atoms with van der Waals surface area (Å²) in [6, 6.07) is 5.98. The molecular formula is C17H21N3O4. The molecule has 0 aliphatic heterocycles. The summed E-state index contributed by atoms with van der Waals surface area (Å²) in [5.74, 6) is -1.12. The Kier molecular flexibility index (Phi) is 5.33. The third-order valence-electron chi connectivity index (χ3n) is 4.13. The predicted molar refractivity (Wildman–Crippen MR) is 89.7 cm³/mol. The Morgan fingerprint density at radius 3 is 2.50 bits per heavy atom. The van der Waals surface area contributed by atoms with Crippen LogP contribution in [0.3, 0.4) is 0 Å². The number of fused-ring (bicyclic) bond motifs is 1. The van der Waals surface area contributed by atoms with Crippen molar-refractivity contribution in [3.8, 4) is 0 Å². The fourth-order valence-electron chi connectivity index (χ4n) is 2.47. The van der Waals surface area contributed by atoms with Crippen LogP contribution < -0.4 is 10.9 Å². The van der Waals surface area contributed by atoms with Gasteiger partial charge in [0.1, 0.15) is 6.04 Å². The number of amides is 1. The molecule has 0 saturated carbocycles. The molecule has 0 fully saturated rings. The number of carbonyl (C=O) groups is 2. The van der Waals surface area contributed by atoms with E-state index in [0.717, 1.165) is 4.68 Å². The van der Waals surface area contributed by atoms with Crippen LogP contribution in [0.4, 0.5) is 0 Å². The molecule has 1 amide bonds. The normalized spacial score (nSPS) is 13.3. The molecule has 1 aromatic carbocycles. The lowest BCUT2D eigenvalue weighted by atomic mass is 9.99. The van der Waals surface area contributed by atoms with Crippen molar-refractivity contribution in [2.24, 2.45) is 13.0 Å². The third-order valence-corrected chi connectivity index (χ3v) is 4.13. The molecule has 2 rings (SSSR count). The highest BCUT2D eigenvalue weighted by Crippen LogP contribution is 2.15. The minimum absolute atomic E-state index is 0.0970. The van der Waals surface area contributed by atoms with Gasteiger partial charge < -0.3 is 10.1 Å². The van der Waals surface area contributed by atoms with E-state index in [1.54, 1.807) is 24.3 Å². The molecular weight excluding hydrogens is 310 g/mol. The van der Waals surface area contributed by atoms with E-state index in [2.05, 4.69) is 10.4 Å². The number of aromatic nitrogens is 2. The monoisotopic (exact) mass is 331 g/mol. The van der Waals surface area contributed by atoms with Crippen LogP contribution in [0.15, 0.2) is 29.1 Å². The Morgan fingerprint density at radius 1 is 1.29 bits per heavy atom. The lowest BCUT2D eigenvalue weighted by Gasteiger charge is -2.22.